The van der Waals surface area contributed by atoms with Crippen LogP contribution in [0, 0.1) is 11.3 Å². The van der Waals surface area contributed by atoms with E-state index in [-0.39, 0.29) is 17.5 Å². The molecule has 1 aromatic heterocycles. The Hall–Kier alpha value is -3.44. The minimum atomic E-state index is -0.968. The molecular weight excluding hydrogens is 420 g/mol. The van der Waals surface area contributed by atoms with Gasteiger partial charge in [0.2, 0.25) is 5.91 Å². The number of methoxy groups -OCH3 is 1. The average Bonchev–Trinajstić information content (AvgIpc) is 3.67. The summed E-state index contributed by atoms with van der Waals surface area (Å²) in [4.78, 5) is 32.6. The number of hydrogen-bond acceptors (Lipinski definition) is 6. The monoisotopic (exact) mass is 448 g/mol. The summed E-state index contributed by atoms with van der Waals surface area (Å²) in [5.41, 5.74) is 3.42. The lowest BCUT2D eigenvalue weighted by Crippen LogP contribution is -2.54. The van der Waals surface area contributed by atoms with Crippen LogP contribution >= 0.6 is 0 Å². The molecule has 33 heavy (non-hydrogen) atoms. The molecule has 8 heteroatoms. The number of aromatic nitrogens is 1. The topological polar surface area (TPSA) is 107 Å². The number of anilines is 1. The molecule has 172 valence electrons. The summed E-state index contributed by atoms with van der Waals surface area (Å²) in [5.74, 6) is 0.126. The number of carboxylic acid groups (broad SMARTS) is 1. The number of carbonyl (C=O) groups is 2. The lowest BCUT2D eigenvalue weighted by molar-refractivity contribution is -0.134. The summed E-state index contributed by atoms with van der Waals surface area (Å²) in [5, 5.41) is 19.1. The quantitative estimate of drug-likeness (QED) is 0.693. The molecular formula is C25H28N4O4. The fourth-order valence-electron chi connectivity index (χ4n) is 4.39. The van der Waals surface area contributed by atoms with E-state index >= 15 is 0 Å². The van der Waals surface area contributed by atoms with Crippen LogP contribution < -0.4 is 4.90 Å². The van der Waals surface area contributed by atoms with Gasteiger partial charge in [-0.05, 0) is 43.5 Å². The Morgan fingerprint density at radius 1 is 1.24 bits per heavy atom. The van der Waals surface area contributed by atoms with Crippen LogP contribution in [-0.2, 0) is 9.53 Å². The van der Waals surface area contributed by atoms with Gasteiger partial charge in [-0.1, -0.05) is 12.1 Å². The van der Waals surface area contributed by atoms with E-state index in [2.05, 4.69) is 11.0 Å². The molecule has 8 nitrogen and oxygen atoms in total. The third kappa shape index (κ3) is 4.83. The van der Waals surface area contributed by atoms with Gasteiger partial charge >= 0.3 is 5.97 Å². The number of hydrogen-bond donors (Lipinski definition) is 1. The lowest BCUT2D eigenvalue weighted by atomic mass is 9.98. The Morgan fingerprint density at radius 3 is 2.55 bits per heavy atom. The summed E-state index contributed by atoms with van der Waals surface area (Å²) in [6.45, 7) is 4.22. The van der Waals surface area contributed by atoms with Crippen LogP contribution in [0.15, 0.2) is 30.3 Å². The average molecular weight is 449 g/mol. The second-order valence-electron chi connectivity index (χ2n) is 8.69. The molecule has 1 atom stereocenters. The van der Waals surface area contributed by atoms with E-state index in [0.717, 1.165) is 29.7 Å². The summed E-state index contributed by atoms with van der Waals surface area (Å²) >= 11 is 0. The first-order chi connectivity index (χ1) is 15.9. The molecule has 1 N–H and O–H groups in total. The first kappa shape index (κ1) is 22.7. The molecule has 1 aliphatic carbocycles. The molecule has 0 radical (unpaired) electrons. The van der Waals surface area contributed by atoms with Crippen LogP contribution in [0.1, 0.15) is 53.7 Å². The SMILES string of the molecule is COCCC(=O)N1CCN(c2nc(C3CC3)c(-c3ccc(C(=O)O)cc3)cc2C#N)CC1C. The van der Waals surface area contributed by atoms with Gasteiger partial charge in [0.15, 0.2) is 0 Å². The Morgan fingerprint density at radius 2 is 1.97 bits per heavy atom. The van der Waals surface area contributed by atoms with Crippen molar-refractivity contribution in [1.29, 1.82) is 5.26 Å². The van der Waals surface area contributed by atoms with Crippen LogP contribution in [-0.4, -0.2) is 66.3 Å². The van der Waals surface area contributed by atoms with Gasteiger partial charge in [0.05, 0.1) is 29.8 Å². The zero-order valence-corrected chi connectivity index (χ0v) is 19.0. The van der Waals surface area contributed by atoms with Gasteiger partial charge in [-0.15, -0.1) is 0 Å². The number of pyridine rings is 1. The van der Waals surface area contributed by atoms with E-state index in [9.17, 15) is 20.0 Å². The maximum Gasteiger partial charge on any atom is 0.335 e. The largest absolute Gasteiger partial charge is 0.478 e. The van der Waals surface area contributed by atoms with E-state index in [4.69, 9.17) is 9.72 Å². The van der Waals surface area contributed by atoms with Crippen molar-refractivity contribution in [2.75, 3.05) is 38.3 Å². The van der Waals surface area contributed by atoms with Crippen molar-refractivity contribution in [3.8, 4) is 17.2 Å². The molecule has 1 saturated heterocycles. The highest BCUT2D eigenvalue weighted by Crippen LogP contribution is 2.45. The lowest BCUT2D eigenvalue weighted by Gasteiger charge is -2.41. The van der Waals surface area contributed by atoms with Crippen LogP contribution in [0.5, 0.6) is 0 Å². The Balaban J connectivity index is 1.62. The molecule has 2 heterocycles. The number of piperazine rings is 1. The number of aromatic carboxylic acids is 1. The van der Waals surface area contributed by atoms with E-state index in [1.807, 2.05) is 17.9 Å². The van der Waals surface area contributed by atoms with E-state index < -0.39 is 5.97 Å². The maximum absolute atomic E-state index is 12.5. The van der Waals surface area contributed by atoms with Crippen LogP contribution in [0.2, 0.25) is 0 Å². The number of nitrogens with zero attached hydrogens (tertiary/aromatic N) is 4. The third-order valence-electron chi connectivity index (χ3n) is 6.33. The van der Waals surface area contributed by atoms with E-state index in [1.165, 1.54) is 0 Å². The molecule has 0 spiro atoms. The predicted octanol–water partition coefficient (Wildman–Crippen LogP) is 3.27. The number of benzene rings is 1. The van der Waals surface area contributed by atoms with Gasteiger partial charge in [0.25, 0.3) is 0 Å². The van der Waals surface area contributed by atoms with Gasteiger partial charge in [-0.25, -0.2) is 9.78 Å². The molecule has 2 aliphatic rings. The molecule has 1 amide bonds. The van der Waals surface area contributed by atoms with E-state index in [0.29, 0.717) is 50.0 Å². The standard InChI is InChI=1S/C25H28N4O4/c1-16-15-28(10-11-29(16)22(30)9-12-33-2)24-20(14-26)13-21(23(27-24)18-5-6-18)17-3-7-19(8-4-17)25(31)32/h3-4,7-8,13,16,18H,5-6,9-12,15H2,1-2H3,(H,31,32). The van der Waals surface area contributed by atoms with Crippen LogP contribution in [0.3, 0.4) is 0 Å². The third-order valence-corrected chi connectivity index (χ3v) is 6.33. The van der Waals surface area contributed by atoms with Crippen LogP contribution in [0.4, 0.5) is 5.82 Å². The van der Waals surface area contributed by atoms with Crippen molar-refractivity contribution in [1.82, 2.24) is 9.88 Å². The van der Waals surface area contributed by atoms with Gasteiger partial charge < -0.3 is 19.6 Å². The van der Waals surface area contributed by atoms with Crippen molar-refractivity contribution in [3.63, 3.8) is 0 Å². The van der Waals surface area contributed by atoms with Crippen molar-refractivity contribution >= 4 is 17.7 Å². The second-order valence-corrected chi connectivity index (χ2v) is 8.69. The number of carbonyl (C=O) groups excluding carboxylic acids is 1. The summed E-state index contributed by atoms with van der Waals surface area (Å²) in [6.07, 6.45) is 2.47. The van der Waals surface area contributed by atoms with Gasteiger partial charge in [0, 0.05) is 44.3 Å². The molecule has 1 saturated carbocycles. The number of ether oxygens (including phenoxy) is 1. The number of amides is 1. The van der Waals surface area contributed by atoms with Crippen molar-refractivity contribution in [2.24, 2.45) is 0 Å². The number of rotatable bonds is 7. The van der Waals surface area contributed by atoms with Gasteiger partial charge in [-0.3, -0.25) is 4.79 Å². The summed E-state index contributed by atoms with van der Waals surface area (Å²) < 4.78 is 5.03. The number of carboxylic acids is 1. The minimum Gasteiger partial charge on any atom is -0.478 e. The normalized spacial score (nSPS) is 18.2. The first-order valence-corrected chi connectivity index (χ1v) is 11.2. The molecule has 4 rings (SSSR count). The maximum atomic E-state index is 12.5. The first-order valence-electron chi connectivity index (χ1n) is 11.2. The zero-order valence-electron chi connectivity index (χ0n) is 19.0. The zero-order chi connectivity index (χ0) is 23.5. The van der Waals surface area contributed by atoms with Crippen molar-refractivity contribution in [3.05, 3.63) is 47.2 Å². The Bertz CT molecular complexity index is 1090. The molecule has 0 bridgehead atoms. The second kappa shape index (κ2) is 9.59. The molecule has 2 fully saturated rings. The summed E-state index contributed by atoms with van der Waals surface area (Å²) in [6, 6.07) is 10.9. The summed E-state index contributed by atoms with van der Waals surface area (Å²) in [7, 11) is 1.59. The minimum absolute atomic E-state index is 0.00376. The highest BCUT2D eigenvalue weighted by Gasteiger charge is 2.33. The van der Waals surface area contributed by atoms with Crippen LogP contribution in [0.25, 0.3) is 11.1 Å². The van der Waals surface area contributed by atoms with Gasteiger partial charge in [-0.2, -0.15) is 5.26 Å². The highest BCUT2D eigenvalue weighted by atomic mass is 16.5. The number of nitriles is 1. The smallest absolute Gasteiger partial charge is 0.335 e. The predicted molar refractivity (Wildman–Crippen MR) is 123 cm³/mol. The molecule has 1 aliphatic heterocycles. The highest BCUT2D eigenvalue weighted by molar-refractivity contribution is 5.88. The Kier molecular flexibility index (Phi) is 6.61. The molecule has 2 aromatic rings. The van der Waals surface area contributed by atoms with Crippen molar-refractivity contribution in [2.45, 2.75) is 38.1 Å². The molecule has 1 unspecified atom stereocenters. The van der Waals surface area contributed by atoms with Crippen molar-refractivity contribution < 1.29 is 19.4 Å². The van der Waals surface area contributed by atoms with Gasteiger partial charge in [0.1, 0.15) is 11.9 Å². The Labute approximate surface area is 193 Å². The van der Waals surface area contributed by atoms with E-state index in [1.54, 1.807) is 31.4 Å². The fourth-order valence-corrected chi connectivity index (χ4v) is 4.39. The fraction of sp³-hybridized carbons (Fsp3) is 0.440. The molecule has 1 aromatic carbocycles.